The number of rotatable bonds is 3. The summed E-state index contributed by atoms with van der Waals surface area (Å²) in [5, 5.41) is 0. The molecule has 1 unspecified atom stereocenters. The van der Waals surface area contributed by atoms with Crippen molar-refractivity contribution in [1.82, 2.24) is 0 Å². The molecule has 0 spiro atoms. The Labute approximate surface area is 80.3 Å². The summed E-state index contributed by atoms with van der Waals surface area (Å²) in [4.78, 5) is 22.9. The average Bonchev–Trinajstić information content (AvgIpc) is 2.64. The molecule has 1 aromatic heterocycles. The molecular formula is C9H10O3S. The maximum Gasteiger partial charge on any atom is 0.348 e. The summed E-state index contributed by atoms with van der Waals surface area (Å²) in [5.41, 5.74) is 0. The molecule has 0 aliphatic carbocycles. The first-order valence-corrected chi connectivity index (χ1v) is 4.64. The second-order valence-corrected chi connectivity index (χ2v) is 3.73. The fourth-order valence-corrected chi connectivity index (χ4v) is 1.81. The van der Waals surface area contributed by atoms with Crippen molar-refractivity contribution in [2.45, 2.75) is 12.8 Å². The van der Waals surface area contributed by atoms with Crippen LogP contribution >= 0.6 is 11.3 Å². The van der Waals surface area contributed by atoms with Gasteiger partial charge in [0.05, 0.1) is 7.11 Å². The summed E-state index contributed by atoms with van der Waals surface area (Å²) in [5.74, 6) is -0.502. The monoisotopic (exact) mass is 198 g/mol. The first-order valence-electron chi connectivity index (χ1n) is 3.82. The van der Waals surface area contributed by atoms with Gasteiger partial charge in [0.2, 0.25) is 0 Å². The highest BCUT2D eigenvalue weighted by Gasteiger charge is 2.12. The van der Waals surface area contributed by atoms with Crippen LogP contribution in [0.5, 0.6) is 0 Å². The fourth-order valence-electron chi connectivity index (χ4n) is 0.875. The molecule has 0 saturated carbocycles. The molecule has 4 heteroatoms. The van der Waals surface area contributed by atoms with E-state index in [2.05, 4.69) is 4.74 Å². The van der Waals surface area contributed by atoms with Gasteiger partial charge in [-0.25, -0.2) is 4.79 Å². The molecule has 1 aromatic rings. The molecule has 3 nitrogen and oxygen atoms in total. The van der Waals surface area contributed by atoms with Gasteiger partial charge >= 0.3 is 5.97 Å². The Morgan fingerprint density at radius 1 is 1.62 bits per heavy atom. The van der Waals surface area contributed by atoms with Crippen LogP contribution in [-0.2, 0) is 9.53 Å². The topological polar surface area (TPSA) is 43.4 Å². The third-order valence-electron chi connectivity index (χ3n) is 1.67. The lowest BCUT2D eigenvalue weighted by Gasteiger charge is -1.96. The second-order valence-electron chi connectivity index (χ2n) is 2.62. The second kappa shape index (κ2) is 4.18. The number of aldehydes is 1. The van der Waals surface area contributed by atoms with Crippen LogP contribution in [0.1, 0.15) is 27.4 Å². The average molecular weight is 198 g/mol. The van der Waals surface area contributed by atoms with E-state index < -0.39 is 0 Å². The smallest absolute Gasteiger partial charge is 0.348 e. The molecule has 1 heterocycles. The Hall–Kier alpha value is -1.16. The minimum atomic E-state index is -0.352. The predicted octanol–water partition coefficient (Wildman–Crippen LogP) is 1.84. The van der Waals surface area contributed by atoms with Crippen LogP contribution in [0.2, 0.25) is 0 Å². The van der Waals surface area contributed by atoms with Crippen LogP contribution in [0.15, 0.2) is 12.1 Å². The van der Waals surface area contributed by atoms with Gasteiger partial charge in [0.15, 0.2) is 0 Å². The van der Waals surface area contributed by atoms with Crippen LogP contribution in [0.3, 0.4) is 0 Å². The van der Waals surface area contributed by atoms with Crippen molar-refractivity contribution >= 4 is 23.6 Å². The molecule has 0 aromatic carbocycles. The van der Waals surface area contributed by atoms with Crippen LogP contribution in [0.25, 0.3) is 0 Å². The molecule has 1 rings (SSSR count). The van der Waals surface area contributed by atoms with Crippen molar-refractivity contribution in [3.05, 3.63) is 21.9 Å². The standard InChI is InChI=1S/C9H10O3S/c1-6(5-10)7-3-4-8(13-7)9(11)12-2/h3-6H,1-2H3. The Morgan fingerprint density at radius 2 is 2.31 bits per heavy atom. The van der Waals surface area contributed by atoms with E-state index in [1.54, 1.807) is 19.1 Å². The van der Waals surface area contributed by atoms with Gasteiger partial charge in [0.1, 0.15) is 11.2 Å². The normalized spacial score (nSPS) is 12.2. The number of methoxy groups -OCH3 is 1. The number of hydrogen-bond donors (Lipinski definition) is 0. The molecule has 0 aliphatic heterocycles. The lowest BCUT2D eigenvalue weighted by molar-refractivity contribution is -0.108. The number of carbonyl (C=O) groups excluding carboxylic acids is 2. The maximum absolute atomic E-state index is 11.0. The zero-order valence-corrected chi connectivity index (χ0v) is 8.26. The molecule has 0 amide bonds. The molecular weight excluding hydrogens is 188 g/mol. The van der Waals surface area contributed by atoms with Gasteiger partial charge in [-0.2, -0.15) is 0 Å². The summed E-state index contributed by atoms with van der Waals surface area (Å²) >= 11 is 1.29. The predicted molar refractivity (Wildman–Crippen MR) is 50.1 cm³/mol. The summed E-state index contributed by atoms with van der Waals surface area (Å²) < 4.78 is 4.55. The van der Waals surface area contributed by atoms with Gasteiger partial charge < -0.3 is 9.53 Å². The summed E-state index contributed by atoms with van der Waals surface area (Å²) in [6.07, 6.45) is 0.854. The third kappa shape index (κ3) is 2.15. The van der Waals surface area contributed by atoms with Crippen molar-refractivity contribution in [3.8, 4) is 0 Å². The van der Waals surface area contributed by atoms with Gasteiger partial charge in [0, 0.05) is 10.8 Å². The fraction of sp³-hybridized carbons (Fsp3) is 0.333. The highest BCUT2D eigenvalue weighted by Crippen LogP contribution is 2.23. The maximum atomic E-state index is 11.0. The van der Waals surface area contributed by atoms with Crippen molar-refractivity contribution in [2.24, 2.45) is 0 Å². The van der Waals surface area contributed by atoms with Gasteiger partial charge in [-0.3, -0.25) is 0 Å². The quantitative estimate of drug-likeness (QED) is 0.549. The zero-order chi connectivity index (χ0) is 9.84. The minimum Gasteiger partial charge on any atom is -0.465 e. The lowest BCUT2D eigenvalue weighted by atomic mass is 10.2. The summed E-state index contributed by atoms with van der Waals surface area (Å²) in [6.45, 7) is 1.79. The van der Waals surface area contributed by atoms with Crippen molar-refractivity contribution < 1.29 is 14.3 Å². The largest absolute Gasteiger partial charge is 0.465 e. The number of carbonyl (C=O) groups is 2. The Morgan fingerprint density at radius 3 is 2.85 bits per heavy atom. The van der Waals surface area contributed by atoms with Gasteiger partial charge in [0.25, 0.3) is 0 Å². The van der Waals surface area contributed by atoms with E-state index in [4.69, 9.17) is 0 Å². The van der Waals surface area contributed by atoms with E-state index in [1.807, 2.05) is 0 Å². The van der Waals surface area contributed by atoms with E-state index in [-0.39, 0.29) is 11.9 Å². The molecule has 0 N–H and O–H groups in total. The molecule has 13 heavy (non-hydrogen) atoms. The number of ether oxygens (including phenoxy) is 1. The molecule has 0 saturated heterocycles. The SMILES string of the molecule is COC(=O)c1ccc(C(C)C=O)s1. The van der Waals surface area contributed by atoms with Crippen LogP contribution in [0, 0.1) is 0 Å². The first kappa shape index (κ1) is 9.92. The van der Waals surface area contributed by atoms with E-state index in [9.17, 15) is 9.59 Å². The highest BCUT2D eigenvalue weighted by atomic mass is 32.1. The number of esters is 1. The lowest BCUT2D eigenvalue weighted by Crippen LogP contribution is -1.96. The van der Waals surface area contributed by atoms with Crippen molar-refractivity contribution in [2.75, 3.05) is 7.11 Å². The van der Waals surface area contributed by atoms with Gasteiger partial charge in [-0.15, -0.1) is 11.3 Å². The molecule has 1 atom stereocenters. The van der Waals surface area contributed by atoms with Gasteiger partial charge in [-0.1, -0.05) is 6.92 Å². The van der Waals surface area contributed by atoms with Crippen LogP contribution < -0.4 is 0 Å². The molecule has 0 aliphatic rings. The Bertz CT molecular complexity index is 316. The number of hydrogen-bond acceptors (Lipinski definition) is 4. The Balaban J connectivity index is 2.86. The van der Waals surface area contributed by atoms with Crippen molar-refractivity contribution in [1.29, 1.82) is 0 Å². The number of thiophene rings is 1. The summed E-state index contributed by atoms with van der Waals surface area (Å²) in [7, 11) is 1.34. The van der Waals surface area contributed by atoms with Gasteiger partial charge in [-0.05, 0) is 12.1 Å². The first-order chi connectivity index (χ1) is 6.19. The van der Waals surface area contributed by atoms with Crippen LogP contribution in [-0.4, -0.2) is 19.4 Å². The molecule has 0 fully saturated rings. The minimum absolute atomic E-state index is 0.150. The summed E-state index contributed by atoms with van der Waals surface area (Å²) in [6, 6.07) is 3.45. The van der Waals surface area contributed by atoms with E-state index in [0.29, 0.717) is 4.88 Å². The third-order valence-corrected chi connectivity index (χ3v) is 2.93. The Kier molecular flexibility index (Phi) is 3.19. The van der Waals surface area contributed by atoms with Crippen molar-refractivity contribution in [3.63, 3.8) is 0 Å². The van der Waals surface area contributed by atoms with E-state index >= 15 is 0 Å². The molecule has 0 bridgehead atoms. The molecule has 0 radical (unpaired) electrons. The van der Waals surface area contributed by atoms with E-state index in [1.165, 1.54) is 18.4 Å². The molecule has 70 valence electrons. The van der Waals surface area contributed by atoms with E-state index in [0.717, 1.165) is 11.2 Å². The van der Waals surface area contributed by atoms with Crippen LogP contribution in [0.4, 0.5) is 0 Å². The highest BCUT2D eigenvalue weighted by molar-refractivity contribution is 7.14. The zero-order valence-electron chi connectivity index (χ0n) is 7.44.